The van der Waals surface area contributed by atoms with Crippen LogP contribution in [0.2, 0.25) is 0 Å². The zero-order chi connectivity index (χ0) is 21.5. The Kier molecular flexibility index (Phi) is 4.90. The highest BCUT2D eigenvalue weighted by molar-refractivity contribution is 5.94. The molecule has 1 aromatic heterocycles. The van der Waals surface area contributed by atoms with Gasteiger partial charge in [-0.25, -0.2) is 4.39 Å². The van der Waals surface area contributed by atoms with Crippen molar-refractivity contribution < 1.29 is 27.8 Å². The summed E-state index contributed by atoms with van der Waals surface area (Å²) in [6.45, 7) is 0.972. The number of benzene rings is 2. The highest BCUT2D eigenvalue weighted by Crippen LogP contribution is 2.50. The monoisotopic (exact) mass is 423 g/mol. The SMILES string of the molecule is COc1c2c(cc3c1C(CC(=O)c1ccc(-c4ccc(F)cc4)o1)N(C)CC3)OCO2. The molecule has 6 nitrogen and oxygen atoms in total. The number of ether oxygens (including phenoxy) is 3. The normalized spacial score (nSPS) is 17.5. The standard InChI is InChI=1S/C24H22FNO5/c1-26-10-9-15-11-21-23(30-13-29-21)24(28-2)22(15)17(26)12-18(27)20-8-7-19(31-20)14-3-5-16(25)6-4-14/h3-8,11,17H,9-10,12-13H2,1-2H3. The number of Topliss-reactive ketones (excluding diaryl/α,β-unsaturated/α-hetero) is 1. The zero-order valence-electron chi connectivity index (χ0n) is 17.3. The lowest BCUT2D eigenvalue weighted by Crippen LogP contribution is -2.34. The molecule has 0 radical (unpaired) electrons. The Labute approximate surface area is 179 Å². The number of carbonyl (C=O) groups is 1. The highest BCUT2D eigenvalue weighted by atomic mass is 19.1. The van der Waals surface area contributed by atoms with Crippen molar-refractivity contribution >= 4 is 5.78 Å². The van der Waals surface area contributed by atoms with E-state index in [1.807, 2.05) is 13.1 Å². The van der Waals surface area contributed by atoms with Crippen LogP contribution in [0.5, 0.6) is 17.2 Å². The molecule has 2 aliphatic heterocycles. The van der Waals surface area contributed by atoms with Crippen molar-refractivity contribution in [2.45, 2.75) is 18.9 Å². The van der Waals surface area contributed by atoms with Crippen LogP contribution < -0.4 is 14.2 Å². The third-order valence-corrected chi connectivity index (χ3v) is 5.94. The molecule has 0 aliphatic carbocycles. The Balaban J connectivity index is 1.44. The average molecular weight is 423 g/mol. The minimum absolute atomic E-state index is 0.113. The first-order chi connectivity index (χ1) is 15.0. The quantitative estimate of drug-likeness (QED) is 0.558. The molecule has 0 N–H and O–H groups in total. The number of furan rings is 1. The van der Waals surface area contributed by atoms with Crippen molar-refractivity contribution in [1.82, 2.24) is 4.90 Å². The minimum Gasteiger partial charge on any atom is -0.492 e. The molecule has 0 bridgehead atoms. The summed E-state index contributed by atoms with van der Waals surface area (Å²) in [7, 11) is 3.60. The van der Waals surface area contributed by atoms with Crippen LogP contribution in [0.1, 0.15) is 34.1 Å². The second-order valence-electron chi connectivity index (χ2n) is 7.76. The molecule has 7 heteroatoms. The van der Waals surface area contributed by atoms with Gasteiger partial charge in [0.15, 0.2) is 23.0 Å². The van der Waals surface area contributed by atoms with Crippen LogP contribution in [0.15, 0.2) is 46.9 Å². The fourth-order valence-electron chi connectivity index (χ4n) is 4.32. The van der Waals surface area contributed by atoms with Crippen molar-refractivity contribution in [3.63, 3.8) is 0 Å². The zero-order valence-corrected chi connectivity index (χ0v) is 17.3. The van der Waals surface area contributed by atoms with Gasteiger partial charge in [-0.1, -0.05) is 0 Å². The van der Waals surface area contributed by atoms with Crippen molar-refractivity contribution in [1.29, 1.82) is 0 Å². The number of hydrogen-bond donors (Lipinski definition) is 0. The maximum Gasteiger partial charge on any atom is 0.231 e. The lowest BCUT2D eigenvalue weighted by Gasteiger charge is -2.35. The molecule has 1 atom stereocenters. The van der Waals surface area contributed by atoms with Crippen molar-refractivity contribution in [2.75, 3.05) is 27.5 Å². The van der Waals surface area contributed by atoms with E-state index in [9.17, 15) is 9.18 Å². The Hall–Kier alpha value is -3.32. The van der Waals surface area contributed by atoms with Gasteiger partial charge in [0.05, 0.1) is 7.11 Å². The van der Waals surface area contributed by atoms with E-state index in [1.54, 1.807) is 31.4 Å². The molecular formula is C24H22FNO5. The van der Waals surface area contributed by atoms with E-state index in [0.717, 1.165) is 29.7 Å². The summed E-state index contributed by atoms with van der Waals surface area (Å²) < 4.78 is 35.9. The Morgan fingerprint density at radius 2 is 2.00 bits per heavy atom. The predicted molar refractivity (Wildman–Crippen MR) is 111 cm³/mol. The summed E-state index contributed by atoms with van der Waals surface area (Å²) in [6, 6.07) is 11.2. The average Bonchev–Trinajstić information content (AvgIpc) is 3.44. The van der Waals surface area contributed by atoms with Gasteiger partial charge in [0.1, 0.15) is 11.6 Å². The number of hydrogen-bond acceptors (Lipinski definition) is 6. The molecule has 0 spiro atoms. The van der Waals surface area contributed by atoms with Gasteiger partial charge < -0.3 is 18.6 Å². The number of likely N-dealkylation sites (N-methyl/N-ethyl adjacent to an activating group) is 1. The molecule has 0 saturated heterocycles. The van der Waals surface area contributed by atoms with E-state index >= 15 is 0 Å². The van der Waals surface area contributed by atoms with Gasteiger partial charge in [0, 0.05) is 30.1 Å². The third-order valence-electron chi connectivity index (χ3n) is 5.94. The van der Waals surface area contributed by atoms with Gasteiger partial charge in [0.2, 0.25) is 12.5 Å². The number of methoxy groups -OCH3 is 1. The first-order valence-electron chi connectivity index (χ1n) is 10.1. The number of rotatable bonds is 5. The van der Waals surface area contributed by atoms with Crippen LogP contribution in [-0.2, 0) is 6.42 Å². The fourth-order valence-corrected chi connectivity index (χ4v) is 4.32. The molecule has 2 aliphatic rings. The van der Waals surface area contributed by atoms with Gasteiger partial charge in [-0.05, 0) is 61.5 Å². The fraction of sp³-hybridized carbons (Fsp3) is 0.292. The molecule has 160 valence electrons. The van der Waals surface area contributed by atoms with Crippen LogP contribution in [0, 0.1) is 5.82 Å². The summed E-state index contributed by atoms with van der Waals surface area (Å²) in [5.74, 6) is 2.27. The molecule has 0 saturated carbocycles. The van der Waals surface area contributed by atoms with Crippen LogP contribution in [0.25, 0.3) is 11.3 Å². The van der Waals surface area contributed by atoms with Gasteiger partial charge in [0.25, 0.3) is 0 Å². The van der Waals surface area contributed by atoms with E-state index in [2.05, 4.69) is 4.90 Å². The number of carbonyl (C=O) groups excluding carboxylic acids is 1. The van der Waals surface area contributed by atoms with Crippen molar-refractivity contribution in [3.05, 3.63) is 65.2 Å². The summed E-state index contributed by atoms with van der Waals surface area (Å²) >= 11 is 0. The minimum atomic E-state index is -0.319. The van der Waals surface area contributed by atoms with Gasteiger partial charge in [-0.3, -0.25) is 9.69 Å². The van der Waals surface area contributed by atoms with Gasteiger partial charge in [-0.2, -0.15) is 0 Å². The molecular weight excluding hydrogens is 401 g/mol. The van der Waals surface area contributed by atoms with Crippen molar-refractivity contribution in [3.8, 4) is 28.6 Å². The molecule has 5 rings (SSSR count). The van der Waals surface area contributed by atoms with Crippen LogP contribution in [-0.4, -0.2) is 38.2 Å². The molecule has 2 aromatic carbocycles. The predicted octanol–water partition coefficient (Wildman–Crippen LogP) is 4.63. The molecule has 3 heterocycles. The van der Waals surface area contributed by atoms with Gasteiger partial charge >= 0.3 is 0 Å². The molecule has 0 fully saturated rings. The molecule has 1 unspecified atom stereocenters. The second kappa shape index (κ2) is 7.74. The number of nitrogens with zero attached hydrogens (tertiary/aromatic N) is 1. The lowest BCUT2D eigenvalue weighted by atomic mass is 9.88. The Morgan fingerprint density at radius 1 is 1.19 bits per heavy atom. The highest BCUT2D eigenvalue weighted by Gasteiger charge is 2.35. The number of ketones is 1. The summed E-state index contributed by atoms with van der Waals surface area (Å²) in [4.78, 5) is 15.3. The topological polar surface area (TPSA) is 61.1 Å². The number of halogens is 1. The first-order valence-corrected chi connectivity index (χ1v) is 10.1. The maximum absolute atomic E-state index is 13.2. The first kappa shape index (κ1) is 19.6. The van der Waals surface area contributed by atoms with Crippen LogP contribution in [0.4, 0.5) is 4.39 Å². The van der Waals surface area contributed by atoms with Gasteiger partial charge in [-0.15, -0.1) is 0 Å². The van der Waals surface area contributed by atoms with E-state index < -0.39 is 0 Å². The Bertz CT molecular complexity index is 1140. The lowest BCUT2D eigenvalue weighted by molar-refractivity contribution is 0.0899. The third kappa shape index (κ3) is 3.45. The van der Waals surface area contributed by atoms with E-state index in [0.29, 0.717) is 23.0 Å². The van der Waals surface area contributed by atoms with Crippen LogP contribution >= 0.6 is 0 Å². The summed E-state index contributed by atoms with van der Waals surface area (Å²) in [6.07, 6.45) is 1.06. The summed E-state index contributed by atoms with van der Waals surface area (Å²) in [5, 5.41) is 0. The molecule has 3 aromatic rings. The van der Waals surface area contributed by atoms with E-state index in [-0.39, 0.29) is 36.6 Å². The summed E-state index contributed by atoms with van der Waals surface area (Å²) in [5.41, 5.74) is 2.78. The molecule has 31 heavy (non-hydrogen) atoms. The van der Waals surface area contributed by atoms with Crippen LogP contribution in [0.3, 0.4) is 0 Å². The van der Waals surface area contributed by atoms with E-state index in [4.69, 9.17) is 18.6 Å². The second-order valence-corrected chi connectivity index (χ2v) is 7.76. The smallest absolute Gasteiger partial charge is 0.231 e. The largest absolute Gasteiger partial charge is 0.492 e. The van der Waals surface area contributed by atoms with Crippen molar-refractivity contribution in [2.24, 2.45) is 0 Å². The van der Waals surface area contributed by atoms with E-state index in [1.165, 1.54) is 12.1 Å². The number of fused-ring (bicyclic) bond motifs is 2. The maximum atomic E-state index is 13.2. The Morgan fingerprint density at radius 3 is 2.77 bits per heavy atom. The molecule has 0 amide bonds.